The van der Waals surface area contributed by atoms with Crippen molar-refractivity contribution in [2.45, 2.75) is 63.8 Å². The number of nitrogens with one attached hydrogen (secondary N) is 1. The molecule has 4 saturated carbocycles. The molecule has 6 heteroatoms. The number of furan rings is 1. The van der Waals surface area contributed by atoms with Gasteiger partial charge in [-0.2, -0.15) is 0 Å². The van der Waals surface area contributed by atoms with Gasteiger partial charge in [-0.3, -0.25) is 9.59 Å². The molecule has 5 nitrogen and oxygen atoms in total. The molecule has 4 aliphatic carbocycles. The van der Waals surface area contributed by atoms with E-state index < -0.39 is 0 Å². The van der Waals surface area contributed by atoms with Crippen LogP contribution in [0.4, 0.5) is 0 Å². The van der Waals surface area contributed by atoms with Gasteiger partial charge in [0.25, 0.3) is 5.91 Å². The van der Waals surface area contributed by atoms with Crippen LogP contribution in [0.15, 0.2) is 21.2 Å². The van der Waals surface area contributed by atoms with Crippen LogP contribution in [0.1, 0.15) is 68.3 Å². The number of carbonyl (C=O) groups is 2. The molecule has 0 aromatic carbocycles. The first-order chi connectivity index (χ1) is 13.5. The quantitative estimate of drug-likeness (QED) is 0.743. The third kappa shape index (κ3) is 3.64. The summed E-state index contributed by atoms with van der Waals surface area (Å²) in [5, 5.41) is 3.04. The Morgan fingerprint density at radius 1 is 1.07 bits per heavy atom. The number of rotatable bonds is 4. The highest BCUT2D eigenvalue weighted by atomic mass is 79.9. The van der Waals surface area contributed by atoms with Gasteiger partial charge in [-0.25, -0.2) is 0 Å². The number of piperidine rings is 1. The zero-order valence-electron chi connectivity index (χ0n) is 16.3. The number of hydrogen-bond acceptors (Lipinski definition) is 3. The summed E-state index contributed by atoms with van der Waals surface area (Å²) in [5.41, 5.74) is 0.309. The lowest BCUT2D eigenvalue weighted by Gasteiger charge is -2.57. The Kier molecular flexibility index (Phi) is 4.80. The second kappa shape index (κ2) is 7.19. The van der Waals surface area contributed by atoms with Crippen molar-refractivity contribution < 1.29 is 14.0 Å². The van der Waals surface area contributed by atoms with Crippen LogP contribution in [-0.2, 0) is 4.79 Å². The van der Waals surface area contributed by atoms with Crippen molar-refractivity contribution >= 4 is 27.7 Å². The van der Waals surface area contributed by atoms with Gasteiger partial charge in [0.2, 0.25) is 5.91 Å². The second-order valence-electron chi connectivity index (χ2n) is 9.83. The van der Waals surface area contributed by atoms with Crippen LogP contribution in [0.3, 0.4) is 0 Å². The van der Waals surface area contributed by atoms with Gasteiger partial charge in [0.05, 0.1) is 0 Å². The minimum atomic E-state index is -0.177. The van der Waals surface area contributed by atoms with E-state index in [1.54, 1.807) is 12.1 Å². The van der Waals surface area contributed by atoms with E-state index in [-0.39, 0.29) is 11.9 Å². The monoisotopic (exact) mass is 448 g/mol. The molecule has 1 saturated heterocycles. The second-order valence-corrected chi connectivity index (χ2v) is 10.6. The number of amides is 2. The molecule has 0 unspecified atom stereocenters. The lowest BCUT2D eigenvalue weighted by molar-refractivity contribution is -0.140. The van der Waals surface area contributed by atoms with Gasteiger partial charge in [0.15, 0.2) is 10.4 Å². The van der Waals surface area contributed by atoms with Crippen LogP contribution < -0.4 is 5.32 Å². The first-order valence-corrected chi connectivity index (χ1v) is 11.6. The predicted octanol–water partition coefficient (Wildman–Crippen LogP) is 4.37. The fourth-order valence-corrected chi connectivity index (χ4v) is 7.21. The molecule has 1 aliphatic heterocycles. The van der Waals surface area contributed by atoms with Crippen LogP contribution in [-0.4, -0.2) is 35.8 Å². The third-order valence-corrected chi connectivity index (χ3v) is 8.10. The summed E-state index contributed by atoms with van der Waals surface area (Å²) in [6.45, 7) is 1.50. The van der Waals surface area contributed by atoms with Crippen LogP contribution in [0, 0.1) is 23.2 Å². The van der Waals surface area contributed by atoms with E-state index in [0.29, 0.717) is 21.8 Å². The maximum absolute atomic E-state index is 13.1. The summed E-state index contributed by atoms with van der Waals surface area (Å²) in [6, 6.07) is 3.50. The van der Waals surface area contributed by atoms with Crippen LogP contribution >= 0.6 is 15.9 Å². The first kappa shape index (κ1) is 18.7. The lowest BCUT2D eigenvalue weighted by atomic mass is 9.49. The van der Waals surface area contributed by atoms with E-state index in [4.69, 9.17) is 4.42 Å². The molecule has 0 atom stereocenters. The normalized spacial score (nSPS) is 34.6. The maximum Gasteiger partial charge on any atom is 0.287 e. The van der Waals surface area contributed by atoms with Crippen molar-refractivity contribution in [3.05, 3.63) is 22.6 Å². The Morgan fingerprint density at radius 3 is 2.21 bits per heavy atom. The number of nitrogens with zero attached hydrogens (tertiary/aromatic N) is 1. The topological polar surface area (TPSA) is 62.6 Å². The van der Waals surface area contributed by atoms with Crippen LogP contribution in [0.2, 0.25) is 0 Å². The number of halogens is 1. The minimum absolute atomic E-state index is 0.111. The Bertz CT molecular complexity index is 730. The van der Waals surface area contributed by atoms with Crippen molar-refractivity contribution in [1.82, 2.24) is 10.2 Å². The number of hydrogen-bond donors (Lipinski definition) is 1. The molecular weight excluding hydrogens is 420 g/mol. The van der Waals surface area contributed by atoms with Crippen molar-refractivity contribution in [3.63, 3.8) is 0 Å². The van der Waals surface area contributed by atoms with E-state index in [1.165, 1.54) is 38.5 Å². The van der Waals surface area contributed by atoms with Gasteiger partial charge in [-0.1, -0.05) is 0 Å². The summed E-state index contributed by atoms with van der Waals surface area (Å²) in [6.07, 6.45) is 10.5. The van der Waals surface area contributed by atoms with Crippen molar-refractivity contribution in [2.24, 2.45) is 23.2 Å². The Morgan fingerprint density at radius 2 is 1.68 bits per heavy atom. The molecular formula is C22H29BrN2O3. The highest BCUT2D eigenvalue weighted by molar-refractivity contribution is 9.10. The van der Waals surface area contributed by atoms with Gasteiger partial charge in [-0.05, 0) is 103 Å². The average molecular weight is 449 g/mol. The Balaban J connectivity index is 1.13. The van der Waals surface area contributed by atoms with E-state index in [2.05, 4.69) is 21.2 Å². The van der Waals surface area contributed by atoms with Gasteiger partial charge in [-0.15, -0.1) is 0 Å². The molecule has 1 aromatic heterocycles. The largest absolute Gasteiger partial charge is 0.444 e. The fourth-order valence-electron chi connectivity index (χ4n) is 6.91. The molecule has 28 heavy (non-hydrogen) atoms. The van der Waals surface area contributed by atoms with Gasteiger partial charge in [0, 0.05) is 25.6 Å². The molecule has 5 fully saturated rings. The van der Waals surface area contributed by atoms with Gasteiger partial charge >= 0.3 is 0 Å². The highest BCUT2D eigenvalue weighted by Gasteiger charge is 2.51. The zero-order chi connectivity index (χ0) is 19.3. The van der Waals surface area contributed by atoms with Crippen LogP contribution in [0.25, 0.3) is 0 Å². The molecule has 2 heterocycles. The third-order valence-electron chi connectivity index (χ3n) is 7.67. The standard InChI is InChI=1S/C22H29BrN2O3/c23-19-2-1-18(28-19)21(27)24-17-3-5-25(6-4-17)20(26)13-22-10-14-7-15(11-22)9-16(8-14)12-22/h1-2,14-17H,3-13H2,(H,24,27). The summed E-state index contributed by atoms with van der Waals surface area (Å²) in [4.78, 5) is 27.4. The smallest absolute Gasteiger partial charge is 0.287 e. The fraction of sp³-hybridized carbons (Fsp3) is 0.727. The number of carbonyl (C=O) groups excluding carboxylic acids is 2. The van der Waals surface area contributed by atoms with Crippen LogP contribution in [0.5, 0.6) is 0 Å². The lowest BCUT2D eigenvalue weighted by Crippen LogP contribution is -2.50. The zero-order valence-corrected chi connectivity index (χ0v) is 17.9. The van der Waals surface area contributed by atoms with E-state index in [9.17, 15) is 9.59 Å². The SMILES string of the molecule is O=C(NC1CCN(C(=O)CC23CC4CC(CC(C4)C2)C3)CC1)c1ccc(Br)o1. The minimum Gasteiger partial charge on any atom is -0.444 e. The van der Waals surface area contributed by atoms with Crippen molar-refractivity contribution in [2.75, 3.05) is 13.1 Å². The molecule has 1 N–H and O–H groups in total. The van der Waals surface area contributed by atoms with E-state index in [1.807, 2.05) is 4.90 Å². The first-order valence-electron chi connectivity index (χ1n) is 10.8. The molecule has 5 aliphatic rings. The van der Waals surface area contributed by atoms with E-state index >= 15 is 0 Å². The van der Waals surface area contributed by atoms with Crippen molar-refractivity contribution in [1.29, 1.82) is 0 Å². The molecule has 2 amide bonds. The highest BCUT2D eigenvalue weighted by Crippen LogP contribution is 2.61. The predicted molar refractivity (Wildman–Crippen MR) is 109 cm³/mol. The Labute approximate surface area is 174 Å². The van der Waals surface area contributed by atoms with Crippen molar-refractivity contribution in [3.8, 4) is 0 Å². The maximum atomic E-state index is 13.1. The number of likely N-dealkylation sites (tertiary alicyclic amines) is 1. The molecule has 0 radical (unpaired) electrons. The molecule has 152 valence electrons. The molecule has 0 spiro atoms. The molecule has 1 aromatic rings. The molecule has 4 bridgehead atoms. The summed E-state index contributed by atoms with van der Waals surface area (Å²) < 4.78 is 5.88. The van der Waals surface area contributed by atoms with E-state index in [0.717, 1.165) is 50.1 Å². The van der Waals surface area contributed by atoms with Gasteiger partial charge < -0.3 is 14.6 Å². The molecule has 6 rings (SSSR count). The summed E-state index contributed by atoms with van der Waals surface area (Å²) in [7, 11) is 0. The average Bonchev–Trinajstić information content (AvgIpc) is 3.07. The van der Waals surface area contributed by atoms with Gasteiger partial charge in [0.1, 0.15) is 0 Å². The Hall–Kier alpha value is -1.30. The summed E-state index contributed by atoms with van der Waals surface area (Å²) >= 11 is 3.22. The summed E-state index contributed by atoms with van der Waals surface area (Å²) in [5.74, 6) is 3.17.